The van der Waals surface area contributed by atoms with Crippen LogP contribution in [-0.2, 0) is 13.0 Å². The zero-order chi connectivity index (χ0) is 18.4. The largest absolute Gasteiger partial charge is 0.454 e. The van der Waals surface area contributed by atoms with Crippen molar-refractivity contribution < 1.29 is 9.47 Å². The van der Waals surface area contributed by atoms with Gasteiger partial charge in [-0.15, -0.1) is 10.2 Å². The van der Waals surface area contributed by atoms with Crippen molar-refractivity contribution in [2.75, 3.05) is 18.2 Å². The molecule has 2 aliphatic heterocycles. The van der Waals surface area contributed by atoms with Gasteiger partial charge in [-0.1, -0.05) is 24.3 Å². The van der Waals surface area contributed by atoms with Crippen LogP contribution < -0.4 is 14.4 Å². The molecule has 0 N–H and O–H groups in total. The molecule has 0 spiro atoms. The van der Waals surface area contributed by atoms with E-state index in [1.165, 1.54) is 11.1 Å². The number of ether oxygens (including phenoxy) is 2. The normalized spacial score (nSPS) is 17.9. The second kappa shape index (κ2) is 6.30. The van der Waals surface area contributed by atoms with Gasteiger partial charge in [0, 0.05) is 18.7 Å². The van der Waals surface area contributed by atoms with Gasteiger partial charge in [-0.2, -0.15) is 0 Å². The fraction of sp³-hybridized carbons (Fsp3) is 0.333. The minimum atomic E-state index is 0.272. The summed E-state index contributed by atoms with van der Waals surface area (Å²) in [5.74, 6) is 3.33. The first-order chi connectivity index (χ1) is 13.3. The Morgan fingerprint density at radius 3 is 2.81 bits per heavy atom. The summed E-state index contributed by atoms with van der Waals surface area (Å²) in [4.78, 5) is 2.36. The highest BCUT2D eigenvalue weighted by molar-refractivity contribution is 5.63. The van der Waals surface area contributed by atoms with Crippen molar-refractivity contribution in [3.8, 4) is 22.9 Å². The zero-order valence-corrected chi connectivity index (χ0v) is 15.6. The maximum atomic E-state index is 5.52. The summed E-state index contributed by atoms with van der Waals surface area (Å²) in [7, 11) is 0. The third kappa shape index (κ3) is 2.55. The van der Waals surface area contributed by atoms with Gasteiger partial charge < -0.3 is 14.4 Å². The van der Waals surface area contributed by atoms with Crippen LogP contribution >= 0.6 is 0 Å². The number of benzene rings is 2. The van der Waals surface area contributed by atoms with E-state index in [2.05, 4.69) is 57.8 Å². The van der Waals surface area contributed by atoms with E-state index in [9.17, 15) is 0 Å². The molecular formula is C21H22N4O2. The first-order valence-corrected chi connectivity index (χ1v) is 9.44. The number of nitrogens with zero attached hydrogens (tertiary/aromatic N) is 4. The molecule has 0 amide bonds. The third-order valence-corrected chi connectivity index (χ3v) is 5.53. The molecule has 2 aromatic carbocycles. The van der Waals surface area contributed by atoms with E-state index in [1.807, 2.05) is 18.2 Å². The Bertz CT molecular complexity index is 998. The molecule has 0 saturated carbocycles. The van der Waals surface area contributed by atoms with Gasteiger partial charge in [-0.05, 0) is 49.6 Å². The average Bonchev–Trinajstić information content (AvgIpc) is 3.34. The number of anilines is 1. The Balaban J connectivity index is 1.54. The average molecular weight is 362 g/mol. The summed E-state index contributed by atoms with van der Waals surface area (Å²) in [6.07, 6.45) is 1.02. The van der Waals surface area contributed by atoms with Gasteiger partial charge in [0.15, 0.2) is 17.3 Å². The van der Waals surface area contributed by atoms with Crippen molar-refractivity contribution in [3.05, 3.63) is 53.6 Å². The van der Waals surface area contributed by atoms with Crippen LogP contribution in [0.25, 0.3) is 11.4 Å². The van der Waals surface area contributed by atoms with Crippen molar-refractivity contribution in [1.29, 1.82) is 0 Å². The molecule has 2 aliphatic rings. The first-order valence-electron chi connectivity index (χ1n) is 9.44. The van der Waals surface area contributed by atoms with E-state index in [1.54, 1.807) is 0 Å². The lowest BCUT2D eigenvalue weighted by molar-refractivity contribution is 0.174. The number of aromatic nitrogens is 3. The molecule has 0 radical (unpaired) electrons. The van der Waals surface area contributed by atoms with Crippen molar-refractivity contribution in [2.45, 2.75) is 32.9 Å². The number of rotatable bonds is 3. The smallest absolute Gasteiger partial charge is 0.231 e. The van der Waals surface area contributed by atoms with Crippen molar-refractivity contribution in [3.63, 3.8) is 0 Å². The van der Waals surface area contributed by atoms with E-state index >= 15 is 0 Å². The summed E-state index contributed by atoms with van der Waals surface area (Å²) in [6, 6.07) is 14.9. The molecule has 0 bridgehead atoms. The molecule has 0 fully saturated rings. The van der Waals surface area contributed by atoms with Gasteiger partial charge >= 0.3 is 0 Å². The van der Waals surface area contributed by atoms with E-state index < -0.39 is 0 Å². The Labute approximate surface area is 158 Å². The van der Waals surface area contributed by atoms with E-state index in [0.717, 1.165) is 48.3 Å². The maximum Gasteiger partial charge on any atom is 0.231 e. The van der Waals surface area contributed by atoms with Crippen LogP contribution in [0.15, 0.2) is 42.5 Å². The lowest BCUT2D eigenvalue weighted by atomic mass is 9.94. The van der Waals surface area contributed by atoms with E-state index in [0.29, 0.717) is 0 Å². The molecule has 0 saturated heterocycles. The highest BCUT2D eigenvalue weighted by Crippen LogP contribution is 2.37. The lowest BCUT2D eigenvalue weighted by Crippen LogP contribution is -2.35. The second-order valence-corrected chi connectivity index (χ2v) is 6.95. The van der Waals surface area contributed by atoms with Gasteiger partial charge in [0.25, 0.3) is 0 Å². The fourth-order valence-electron chi connectivity index (χ4n) is 4.09. The SMILES string of the molecule is CCn1c(-c2ccc3c(c2)OCO3)nnc1N1CCc2ccccc2C1C. The van der Waals surface area contributed by atoms with Crippen LogP contribution in [0.3, 0.4) is 0 Å². The Kier molecular flexibility index (Phi) is 3.77. The van der Waals surface area contributed by atoms with Crippen molar-refractivity contribution in [2.24, 2.45) is 0 Å². The molecule has 3 heterocycles. The molecule has 27 heavy (non-hydrogen) atoms. The van der Waals surface area contributed by atoms with Crippen LogP contribution in [0.4, 0.5) is 5.95 Å². The van der Waals surface area contributed by atoms with Crippen LogP contribution in [0, 0.1) is 0 Å². The monoisotopic (exact) mass is 362 g/mol. The number of hydrogen-bond donors (Lipinski definition) is 0. The second-order valence-electron chi connectivity index (χ2n) is 6.95. The predicted octanol–water partition coefficient (Wildman–Crippen LogP) is 3.82. The van der Waals surface area contributed by atoms with E-state index in [-0.39, 0.29) is 12.8 Å². The Hall–Kier alpha value is -3.02. The maximum absolute atomic E-state index is 5.52. The highest BCUT2D eigenvalue weighted by Gasteiger charge is 2.28. The number of hydrogen-bond acceptors (Lipinski definition) is 5. The van der Waals surface area contributed by atoms with Crippen molar-refractivity contribution >= 4 is 5.95 Å². The molecule has 6 nitrogen and oxygen atoms in total. The van der Waals surface area contributed by atoms with Gasteiger partial charge in [0.05, 0.1) is 6.04 Å². The molecule has 3 aromatic rings. The number of fused-ring (bicyclic) bond motifs is 2. The third-order valence-electron chi connectivity index (χ3n) is 5.53. The molecule has 5 rings (SSSR count). The quantitative estimate of drug-likeness (QED) is 0.709. The zero-order valence-electron chi connectivity index (χ0n) is 15.6. The van der Waals surface area contributed by atoms with Gasteiger partial charge in [-0.25, -0.2) is 0 Å². The van der Waals surface area contributed by atoms with Crippen LogP contribution in [0.2, 0.25) is 0 Å². The molecular weight excluding hydrogens is 340 g/mol. The molecule has 1 unspecified atom stereocenters. The summed E-state index contributed by atoms with van der Waals surface area (Å²) in [5, 5.41) is 9.09. The molecule has 0 aliphatic carbocycles. The summed E-state index contributed by atoms with van der Waals surface area (Å²) >= 11 is 0. The van der Waals surface area contributed by atoms with E-state index in [4.69, 9.17) is 9.47 Å². The summed E-state index contributed by atoms with van der Waals surface area (Å²) < 4.78 is 13.1. The molecule has 138 valence electrons. The Morgan fingerprint density at radius 1 is 1.07 bits per heavy atom. The van der Waals surface area contributed by atoms with Crippen LogP contribution in [0.5, 0.6) is 11.5 Å². The predicted molar refractivity (Wildman–Crippen MR) is 103 cm³/mol. The molecule has 1 aromatic heterocycles. The summed E-state index contributed by atoms with van der Waals surface area (Å²) in [6.45, 7) is 6.39. The molecule has 1 atom stereocenters. The minimum Gasteiger partial charge on any atom is -0.454 e. The first kappa shape index (κ1) is 16.2. The summed E-state index contributed by atoms with van der Waals surface area (Å²) in [5.41, 5.74) is 3.80. The van der Waals surface area contributed by atoms with Crippen LogP contribution in [0.1, 0.15) is 31.0 Å². The highest BCUT2D eigenvalue weighted by atomic mass is 16.7. The van der Waals surface area contributed by atoms with Crippen molar-refractivity contribution in [1.82, 2.24) is 14.8 Å². The van der Waals surface area contributed by atoms with Gasteiger partial charge in [-0.3, -0.25) is 4.57 Å². The fourth-order valence-corrected chi connectivity index (χ4v) is 4.09. The standard InChI is InChI=1S/C21H22N4O2/c1-3-24-20(16-8-9-18-19(12-16)27-13-26-18)22-23-21(24)25-11-10-15-6-4-5-7-17(15)14(25)2/h4-9,12,14H,3,10-11,13H2,1-2H3. The van der Waals surface area contributed by atoms with Crippen LogP contribution in [-0.4, -0.2) is 28.1 Å². The topological polar surface area (TPSA) is 52.4 Å². The van der Waals surface area contributed by atoms with Gasteiger partial charge in [0.2, 0.25) is 12.7 Å². The minimum absolute atomic E-state index is 0.272. The Morgan fingerprint density at radius 2 is 1.93 bits per heavy atom. The lowest BCUT2D eigenvalue weighted by Gasteiger charge is -2.35. The van der Waals surface area contributed by atoms with Gasteiger partial charge in [0.1, 0.15) is 0 Å². The molecule has 6 heteroatoms.